The van der Waals surface area contributed by atoms with Gasteiger partial charge >= 0.3 is 0 Å². The van der Waals surface area contributed by atoms with Crippen LogP contribution in [-0.2, 0) is 0 Å². The molecule has 0 saturated carbocycles. The van der Waals surface area contributed by atoms with Crippen molar-refractivity contribution in [1.29, 1.82) is 0 Å². The van der Waals surface area contributed by atoms with Gasteiger partial charge in [-0.3, -0.25) is 4.79 Å². The molecule has 25 heavy (non-hydrogen) atoms. The van der Waals surface area contributed by atoms with Gasteiger partial charge in [-0.25, -0.2) is 0 Å². The zero-order valence-corrected chi connectivity index (χ0v) is 15.7. The Morgan fingerprint density at radius 3 is 2.48 bits per heavy atom. The van der Waals surface area contributed by atoms with E-state index in [1.165, 1.54) is 16.7 Å². The van der Waals surface area contributed by atoms with Gasteiger partial charge in [-0.15, -0.1) is 0 Å². The molecule has 3 nitrogen and oxygen atoms in total. The Hall–Kier alpha value is -2.13. The summed E-state index contributed by atoms with van der Waals surface area (Å²) in [6.07, 6.45) is 0.945. The van der Waals surface area contributed by atoms with Crippen molar-refractivity contribution in [3.8, 4) is 0 Å². The third-order valence-corrected chi connectivity index (χ3v) is 5.24. The number of rotatable bonds is 2. The highest BCUT2D eigenvalue weighted by molar-refractivity contribution is 5.95. The first-order chi connectivity index (χ1) is 12.0. The van der Waals surface area contributed by atoms with E-state index in [1.54, 1.807) is 0 Å². The molecule has 1 unspecified atom stereocenters. The van der Waals surface area contributed by atoms with Gasteiger partial charge in [0, 0.05) is 18.7 Å². The van der Waals surface area contributed by atoms with Crippen LogP contribution in [0.3, 0.4) is 0 Å². The molecule has 1 heterocycles. The zero-order valence-electron chi connectivity index (χ0n) is 15.7. The predicted molar refractivity (Wildman–Crippen MR) is 103 cm³/mol. The molecule has 0 spiro atoms. The molecule has 1 amide bonds. The summed E-state index contributed by atoms with van der Waals surface area (Å²) in [4.78, 5) is 15.4. The first kappa shape index (κ1) is 17.7. The Morgan fingerprint density at radius 1 is 1.04 bits per heavy atom. The van der Waals surface area contributed by atoms with Gasteiger partial charge in [0.1, 0.15) is 0 Å². The Balaban J connectivity index is 2.00. The van der Waals surface area contributed by atoms with Gasteiger partial charge in [0.15, 0.2) is 0 Å². The van der Waals surface area contributed by atoms with Crippen LogP contribution in [0.4, 0.5) is 0 Å². The van der Waals surface area contributed by atoms with Crippen LogP contribution < -0.4 is 5.32 Å². The minimum atomic E-state index is 0.128. The number of amides is 1. The Bertz CT molecular complexity index is 761. The molecule has 1 aliphatic heterocycles. The SMILES string of the molecule is Cc1cc(C)cc(C(=O)N2CCNCCC2c2cccc(C)c2C)c1. The lowest BCUT2D eigenvalue weighted by Gasteiger charge is -2.32. The molecular formula is C22H28N2O. The maximum Gasteiger partial charge on any atom is 0.254 e. The Labute approximate surface area is 151 Å². The van der Waals surface area contributed by atoms with Gasteiger partial charge < -0.3 is 10.2 Å². The number of carbonyl (C=O) groups excluding carboxylic acids is 1. The van der Waals surface area contributed by atoms with Gasteiger partial charge in [0.25, 0.3) is 5.91 Å². The molecule has 0 bridgehead atoms. The predicted octanol–water partition coefficient (Wildman–Crippen LogP) is 4.10. The average molecular weight is 336 g/mol. The summed E-state index contributed by atoms with van der Waals surface area (Å²) in [5, 5.41) is 3.45. The van der Waals surface area contributed by atoms with E-state index in [9.17, 15) is 4.79 Å². The fraction of sp³-hybridized carbons (Fsp3) is 0.409. The second kappa shape index (κ2) is 7.40. The number of hydrogen-bond acceptors (Lipinski definition) is 2. The second-order valence-corrected chi connectivity index (χ2v) is 7.22. The standard InChI is InChI=1S/C22H28N2O/c1-15-12-16(2)14-19(13-15)22(25)24-11-10-23-9-8-21(24)20-7-5-6-17(3)18(20)4/h5-7,12-14,21,23H,8-11H2,1-4H3. The minimum absolute atomic E-state index is 0.128. The number of carbonyl (C=O) groups is 1. The summed E-state index contributed by atoms with van der Waals surface area (Å²) in [5.74, 6) is 0.140. The first-order valence-corrected chi connectivity index (χ1v) is 9.13. The summed E-state index contributed by atoms with van der Waals surface area (Å²) >= 11 is 0. The summed E-state index contributed by atoms with van der Waals surface area (Å²) in [5.41, 5.74) is 6.94. The van der Waals surface area contributed by atoms with Crippen LogP contribution in [0, 0.1) is 27.7 Å². The molecule has 1 N–H and O–H groups in total. The Morgan fingerprint density at radius 2 is 1.76 bits per heavy atom. The van der Waals surface area contributed by atoms with Crippen molar-refractivity contribution in [2.45, 2.75) is 40.2 Å². The van der Waals surface area contributed by atoms with Crippen molar-refractivity contribution in [2.24, 2.45) is 0 Å². The molecule has 2 aromatic rings. The van der Waals surface area contributed by atoms with Crippen LogP contribution in [0.15, 0.2) is 36.4 Å². The third kappa shape index (κ3) is 3.77. The van der Waals surface area contributed by atoms with Gasteiger partial charge in [0.2, 0.25) is 0 Å². The van der Waals surface area contributed by atoms with Gasteiger partial charge in [-0.1, -0.05) is 35.4 Å². The highest BCUT2D eigenvalue weighted by Crippen LogP contribution is 2.30. The highest BCUT2D eigenvalue weighted by atomic mass is 16.2. The van der Waals surface area contributed by atoms with E-state index in [0.29, 0.717) is 0 Å². The molecule has 2 aromatic carbocycles. The molecule has 1 fully saturated rings. The van der Waals surface area contributed by atoms with Crippen molar-refractivity contribution < 1.29 is 4.79 Å². The van der Waals surface area contributed by atoms with Crippen molar-refractivity contribution in [1.82, 2.24) is 10.2 Å². The summed E-state index contributed by atoms with van der Waals surface area (Å²) in [6.45, 7) is 10.9. The normalized spacial score (nSPS) is 18.1. The van der Waals surface area contributed by atoms with E-state index in [2.05, 4.69) is 62.2 Å². The number of benzene rings is 2. The van der Waals surface area contributed by atoms with E-state index in [0.717, 1.165) is 42.7 Å². The summed E-state index contributed by atoms with van der Waals surface area (Å²) < 4.78 is 0. The van der Waals surface area contributed by atoms with Crippen molar-refractivity contribution >= 4 is 5.91 Å². The third-order valence-electron chi connectivity index (χ3n) is 5.24. The maximum atomic E-state index is 13.3. The van der Waals surface area contributed by atoms with Crippen LogP contribution in [0.2, 0.25) is 0 Å². The molecule has 1 atom stereocenters. The molecule has 0 radical (unpaired) electrons. The topological polar surface area (TPSA) is 32.3 Å². The largest absolute Gasteiger partial charge is 0.330 e. The van der Waals surface area contributed by atoms with Crippen LogP contribution in [0.5, 0.6) is 0 Å². The maximum absolute atomic E-state index is 13.3. The molecule has 1 aliphatic rings. The van der Waals surface area contributed by atoms with E-state index in [1.807, 2.05) is 12.1 Å². The van der Waals surface area contributed by atoms with Crippen molar-refractivity contribution in [3.05, 3.63) is 69.8 Å². The highest BCUT2D eigenvalue weighted by Gasteiger charge is 2.28. The Kier molecular flexibility index (Phi) is 5.24. The lowest BCUT2D eigenvalue weighted by atomic mass is 9.94. The fourth-order valence-electron chi connectivity index (χ4n) is 3.84. The van der Waals surface area contributed by atoms with E-state index in [4.69, 9.17) is 0 Å². The average Bonchev–Trinajstić information content (AvgIpc) is 2.81. The fourth-order valence-corrected chi connectivity index (χ4v) is 3.84. The molecule has 1 saturated heterocycles. The summed E-state index contributed by atoms with van der Waals surface area (Å²) in [7, 11) is 0. The molecule has 3 heteroatoms. The van der Waals surface area contributed by atoms with Gasteiger partial charge in [-0.2, -0.15) is 0 Å². The number of hydrogen-bond donors (Lipinski definition) is 1. The van der Waals surface area contributed by atoms with Gasteiger partial charge in [0.05, 0.1) is 6.04 Å². The lowest BCUT2D eigenvalue weighted by Crippen LogP contribution is -2.37. The lowest BCUT2D eigenvalue weighted by molar-refractivity contribution is 0.0687. The molecule has 0 aliphatic carbocycles. The minimum Gasteiger partial charge on any atom is -0.330 e. The monoisotopic (exact) mass is 336 g/mol. The van der Waals surface area contributed by atoms with Crippen LogP contribution in [0.1, 0.15) is 50.6 Å². The van der Waals surface area contributed by atoms with Gasteiger partial charge in [-0.05, 0) is 69.5 Å². The molecule has 0 aromatic heterocycles. The van der Waals surface area contributed by atoms with Crippen molar-refractivity contribution in [3.63, 3.8) is 0 Å². The van der Waals surface area contributed by atoms with Crippen LogP contribution >= 0.6 is 0 Å². The molecule has 132 valence electrons. The van der Waals surface area contributed by atoms with E-state index >= 15 is 0 Å². The molecular weight excluding hydrogens is 308 g/mol. The second-order valence-electron chi connectivity index (χ2n) is 7.22. The number of aryl methyl sites for hydroxylation is 3. The van der Waals surface area contributed by atoms with Crippen LogP contribution in [0.25, 0.3) is 0 Å². The zero-order chi connectivity index (χ0) is 18.0. The quantitative estimate of drug-likeness (QED) is 0.895. The van der Waals surface area contributed by atoms with Crippen molar-refractivity contribution in [2.75, 3.05) is 19.6 Å². The first-order valence-electron chi connectivity index (χ1n) is 9.13. The smallest absolute Gasteiger partial charge is 0.254 e. The van der Waals surface area contributed by atoms with E-state index in [-0.39, 0.29) is 11.9 Å². The van der Waals surface area contributed by atoms with Crippen LogP contribution in [-0.4, -0.2) is 30.4 Å². The number of nitrogens with zero attached hydrogens (tertiary/aromatic N) is 1. The number of nitrogens with one attached hydrogen (secondary N) is 1. The van der Waals surface area contributed by atoms with E-state index < -0.39 is 0 Å². The molecule has 3 rings (SSSR count). The summed E-state index contributed by atoms with van der Waals surface area (Å²) in [6, 6.07) is 12.7.